The van der Waals surface area contributed by atoms with E-state index in [2.05, 4.69) is 15.5 Å². The molecule has 0 aliphatic carbocycles. The molecule has 0 saturated carbocycles. The van der Waals surface area contributed by atoms with E-state index in [1.807, 2.05) is 0 Å². The topological polar surface area (TPSA) is 77.2 Å². The van der Waals surface area contributed by atoms with Crippen LogP contribution in [0.5, 0.6) is 11.5 Å². The van der Waals surface area contributed by atoms with Crippen LogP contribution in [0, 0.1) is 6.92 Å². The minimum Gasteiger partial charge on any atom is -0.456 e. The van der Waals surface area contributed by atoms with E-state index in [1.54, 1.807) is 49.4 Å². The van der Waals surface area contributed by atoms with Crippen LogP contribution in [0.3, 0.4) is 0 Å². The van der Waals surface area contributed by atoms with Crippen molar-refractivity contribution in [1.29, 1.82) is 0 Å². The van der Waals surface area contributed by atoms with Crippen LogP contribution >= 0.6 is 23.2 Å². The SMILES string of the molecule is Cc1nnc(NC(=O)c2ccccc2Oc2cc(Cl)cc(Cl)c2)o1. The number of aromatic nitrogens is 2. The molecule has 0 aliphatic heterocycles. The molecular weight excluding hydrogens is 353 g/mol. The third-order valence-electron chi connectivity index (χ3n) is 2.94. The van der Waals surface area contributed by atoms with Crippen LogP contribution in [-0.4, -0.2) is 16.1 Å². The number of nitrogens with one attached hydrogen (secondary N) is 1. The predicted molar refractivity (Wildman–Crippen MR) is 90.0 cm³/mol. The average Bonchev–Trinajstić information content (AvgIpc) is 2.91. The molecule has 0 radical (unpaired) electrons. The Morgan fingerprint density at radius 1 is 1.12 bits per heavy atom. The Morgan fingerprint density at radius 3 is 2.50 bits per heavy atom. The van der Waals surface area contributed by atoms with Crippen LogP contribution < -0.4 is 10.1 Å². The van der Waals surface area contributed by atoms with Gasteiger partial charge in [0, 0.05) is 17.0 Å². The van der Waals surface area contributed by atoms with Gasteiger partial charge in [-0.1, -0.05) is 40.4 Å². The third-order valence-corrected chi connectivity index (χ3v) is 3.38. The molecule has 0 spiro atoms. The van der Waals surface area contributed by atoms with Crippen molar-refractivity contribution in [3.63, 3.8) is 0 Å². The largest absolute Gasteiger partial charge is 0.456 e. The fourth-order valence-electron chi connectivity index (χ4n) is 1.97. The molecule has 3 rings (SSSR count). The second kappa shape index (κ2) is 6.90. The minimum atomic E-state index is -0.442. The molecule has 3 aromatic rings. The summed E-state index contributed by atoms with van der Waals surface area (Å²) in [6.45, 7) is 1.63. The van der Waals surface area contributed by atoms with Crippen molar-refractivity contribution in [2.24, 2.45) is 0 Å². The summed E-state index contributed by atoms with van der Waals surface area (Å²) in [6, 6.07) is 11.5. The maximum absolute atomic E-state index is 12.4. The van der Waals surface area contributed by atoms with E-state index in [9.17, 15) is 4.79 Å². The number of nitrogens with zero attached hydrogens (tertiary/aromatic N) is 2. The summed E-state index contributed by atoms with van der Waals surface area (Å²) in [6.07, 6.45) is 0. The van der Waals surface area contributed by atoms with Crippen molar-refractivity contribution in [3.05, 3.63) is 64.0 Å². The minimum absolute atomic E-state index is 0.0121. The lowest BCUT2D eigenvalue weighted by molar-refractivity contribution is 0.102. The van der Waals surface area contributed by atoms with Gasteiger partial charge in [0.15, 0.2) is 0 Å². The molecule has 122 valence electrons. The van der Waals surface area contributed by atoms with Gasteiger partial charge in [0.2, 0.25) is 5.89 Å². The number of ether oxygens (including phenoxy) is 1. The van der Waals surface area contributed by atoms with Crippen molar-refractivity contribution in [3.8, 4) is 11.5 Å². The molecule has 2 aromatic carbocycles. The number of amides is 1. The monoisotopic (exact) mass is 363 g/mol. The summed E-state index contributed by atoms with van der Waals surface area (Å²) < 4.78 is 10.9. The third kappa shape index (κ3) is 3.84. The Balaban J connectivity index is 1.85. The number of benzene rings is 2. The number of aryl methyl sites for hydroxylation is 1. The summed E-state index contributed by atoms with van der Waals surface area (Å²) in [5.74, 6) is 0.664. The Bertz CT molecular complexity index is 876. The van der Waals surface area contributed by atoms with Gasteiger partial charge in [-0.25, -0.2) is 0 Å². The Kier molecular flexibility index (Phi) is 4.69. The quantitative estimate of drug-likeness (QED) is 0.724. The summed E-state index contributed by atoms with van der Waals surface area (Å²) in [7, 11) is 0. The zero-order valence-corrected chi connectivity index (χ0v) is 13.9. The fourth-order valence-corrected chi connectivity index (χ4v) is 2.48. The van der Waals surface area contributed by atoms with Crippen LogP contribution in [0.25, 0.3) is 0 Å². The number of hydrogen-bond donors (Lipinski definition) is 1. The Morgan fingerprint density at radius 2 is 1.83 bits per heavy atom. The zero-order valence-electron chi connectivity index (χ0n) is 12.4. The molecule has 1 N–H and O–H groups in total. The summed E-state index contributed by atoms with van der Waals surface area (Å²) in [5.41, 5.74) is 0.296. The highest BCUT2D eigenvalue weighted by Gasteiger charge is 2.16. The summed E-state index contributed by atoms with van der Waals surface area (Å²) in [4.78, 5) is 12.4. The number of hydrogen-bond acceptors (Lipinski definition) is 5. The lowest BCUT2D eigenvalue weighted by Gasteiger charge is -2.11. The first-order chi connectivity index (χ1) is 11.5. The highest BCUT2D eigenvalue weighted by atomic mass is 35.5. The number of rotatable bonds is 4. The molecule has 1 heterocycles. The smallest absolute Gasteiger partial charge is 0.322 e. The van der Waals surface area contributed by atoms with Gasteiger partial charge in [-0.3, -0.25) is 10.1 Å². The average molecular weight is 364 g/mol. The molecule has 8 heteroatoms. The summed E-state index contributed by atoms with van der Waals surface area (Å²) in [5, 5.41) is 10.8. The van der Waals surface area contributed by atoms with Gasteiger partial charge in [0.05, 0.1) is 5.56 Å². The molecule has 1 amide bonds. The lowest BCUT2D eigenvalue weighted by atomic mass is 10.2. The molecular formula is C16H11Cl2N3O3. The molecule has 1 aromatic heterocycles. The zero-order chi connectivity index (χ0) is 17.1. The van der Waals surface area contributed by atoms with E-state index in [-0.39, 0.29) is 6.01 Å². The van der Waals surface area contributed by atoms with Gasteiger partial charge in [-0.15, -0.1) is 5.10 Å². The number of halogens is 2. The first kappa shape index (κ1) is 16.3. The Hall–Kier alpha value is -2.57. The van der Waals surface area contributed by atoms with Gasteiger partial charge >= 0.3 is 6.01 Å². The van der Waals surface area contributed by atoms with E-state index in [0.29, 0.717) is 33.0 Å². The van der Waals surface area contributed by atoms with Crippen molar-refractivity contribution in [2.75, 3.05) is 5.32 Å². The maximum atomic E-state index is 12.4. The Labute approximate surface area is 147 Å². The highest BCUT2D eigenvalue weighted by Crippen LogP contribution is 2.30. The van der Waals surface area contributed by atoms with Crippen LogP contribution in [0.15, 0.2) is 46.9 Å². The lowest BCUT2D eigenvalue weighted by Crippen LogP contribution is -2.13. The number of carbonyl (C=O) groups is 1. The maximum Gasteiger partial charge on any atom is 0.322 e. The standard InChI is InChI=1S/C16H11Cl2N3O3/c1-9-20-21-16(23-9)19-15(22)13-4-2-3-5-14(13)24-12-7-10(17)6-11(18)8-12/h2-8H,1H3,(H,19,21,22). The highest BCUT2D eigenvalue weighted by molar-refractivity contribution is 6.34. The first-order valence-corrected chi connectivity index (χ1v) is 7.61. The van der Waals surface area contributed by atoms with Crippen molar-refractivity contribution >= 4 is 35.1 Å². The number of para-hydroxylation sites is 1. The second-order valence-electron chi connectivity index (χ2n) is 4.78. The molecule has 24 heavy (non-hydrogen) atoms. The molecule has 0 bridgehead atoms. The van der Waals surface area contributed by atoms with Gasteiger partial charge in [-0.05, 0) is 30.3 Å². The molecule has 0 saturated heterocycles. The first-order valence-electron chi connectivity index (χ1n) is 6.86. The van der Waals surface area contributed by atoms with Crippen LogP contribution in [0.1, 0.15) is 16.2 Å². The van der Waals surface area contributed by atoms with Gasteiger partial charge < -0.3 is 9.15 Å². The van der Waals surface area contributed by atoms with Crippen LogP contribution in [0.4, 0.5) is 6.01 Å². The second-order valence-corrected chi connectivity index (χ2v) is 5.66. The van der Waals surface area contributed by atoms with Gasteiger partial charge in [-0.2, -0.15) is 0 Å². The molecule has 6 nitrogen and oxygen atoms in total. The van der Waals surface area contributed by atoms with E-state index in [1.165, 1.54) is 0 Å². The van der Waals surface area contributed by atoms with E-state index in [4.69, 9.17) is 32.4 Å². The van der Waals surface area contributed by atoms with Gasteiger partial charge in [0.1, 0.15) is 11.5 Å². The summed E-state index contributed by atoms with van der Waals surface area (Å²) >= 11 is 11.9. The molecule has 0 fully saturated rings. The van der Waals surface area contributed by atoms with E-state index < -0.39 is 5.91 Å². The number of carbonyl (C=O) groups excluding carboxylic acids is 1. The van der Waals surface area contributed by atoms with Crippen molar-refractivity contribution < 1.29 is 13.9 Å². The molecule has 0 atom stereocenters. The fraction of sp³-hybridized carbons (Fsp3) is 0.0625. The molecule has 0 unspecified atom stereocenters. The molecule has 0 aliphatic rings. The van der Waals surface area contributed by atoms with E-state index >= 15 is 0 Å². The number of anilines is 1. The van der Waals surface area contributed by atoms with Crippen LogP contribution in [-0.2, 0) is 0 Å². The predicted octanol–water partition coefficient (Wildman–Crippen LogP) is 4.73. The van der Waals surface area contributed by atoms with Crippen molar-refractivity contribution in [2.45, 2.75) is 6.92 Å². The van der Waals surface area contributed by atoms with Crippen molar-refractivity contribution in [1.82, 2.24) is 10.2 Å². The normalized spacial score (nSPS) is 10.5. The van der Waals surface area contributed by atoms with E-state index in [0.717, 1.165) is 0 Å². The van der Waals surface area contributed by atoms with Crippen LogP contribution in [0.2, 0.25) is 10.0 Å². The van der Waals surface area contributed by atoms with Gasteiger partial charge in [0.25, 0.3) is 5.91 Å².